The van der Waals surface area contributed by atoms with Gasteiger partial charge in [-0.1, -0.05) is 13.8 Å². The maximum Gasteiger partial charge on any atom is 0.100 e. The lowest BCUT2D eigenvalue weighted by Crippen LogP contribution is -2.19. The van der Waals surface area contributed by atoms with Crippen molar-refractivity contribution in [2.45, 2.75) is 27.3 Å². The van der Waals surface area contributed by atoms with Gasteiger partial charge in [0.25, 0.3) is 0 Å². The van der Waals surface area contributed by atoms with E-state index in [-0.39, 0.29) is 0 Å². The van der Waals surface area contributed by atoms with Crippen LogP contribution >= 0.6 is 0 Å². The van der Waals surface area contributed by atoms with Gasteiger partial charge in [0.15, 0.2) is 0 Å². The van der Waals surface area contributed by atoms with Gasteiger partial charge in [-0.3, -0.25) is 9.36 Å². The van der Waals surface area contributed by atoms with Gasteiger partial charge in [-0.2, -0.15) is 10.2 Å². The van der Waals surface area contributed by atoms with Gasteiger partial charge in [-0.15, -0.1) is 0 Å². The van der Waals surface area contributed by atoms with Crippen molar-refractivity contribution in [3.8, 4) is 11.3 Å². The van der Waals surface area contributed by atoms with Gasteiger partial charge in [-0.05, 0) is 19.4 Å². The Balaban J connectivity index is 2.23. The first-order chi connectivity index (χ1) is 8.97. The molecule has 0 aliphatic rings. The highest BCUT2D eigenvalue weighted by Crippen LogP contribution is 2.24. The van der Waals surface area contributed by atoms with E-state index in [4.69, 9.17) is 0 Å². The Bertz CT molecular complexity index is 550. The minimum atomic E-state index is 0.653. The van der Waals surface area contributed by atoms with Crippen LogP contribution in [0.1, 0.15) is 25.1 Å². The summed E-state index contributed by atoms with van der Waals surface area (Å²) in [6.45, 7) is 8.30. The molecule has 2 aromatic rings. The molecule has 1 N–H and O–H groups in total. The topological polar surface area (TPSA) is 47.7 Å². The molecule has 19 heavy (non-hydrogen) atoms. The maximum atomic E-state index is 4.58. The molecule has 0 aliphatic heterocycles. The first-order valence-electron chi connectivity index (χ1n) is 6.71. The average Bonchev–Trinajstić information content (AvgIpc) is 2.81. The maximum absolute atomic E-state index is 4.58. The summed E-state index contributed by atoms with van der Waals surface area (Å²) >= 11 is 0. The minimum Gasteiger partial charge on any atom is -0.312 e. The number of nitrogens with zero attached hydrogens (tertiary/aromatic N) is 4. The lowest BCUT2D eigenvalue weighted by molar-refractivity contribution is 0.552. The van der Waals surface area contributed by atoms with Crippen LogP contribution in [0.4, 0.5) is 0 Å². The van der Waals surface area contributed by atoms with Crippen LogP contribution < -0.4 is 5.32 Å². The zero-order valence-corrected chi connectivity index (χ0v) is 12.4. The fourth-order valence-corrected chi connectivity index (χ4v) is 2.22. The molecule has 0 aromatic carbocycles. The molecule has 0 radical (unpaired) electrons. The molecule has 104 valence electrons. The van der Waals surface area contributed by atoms with Crippen LogP contribution in [0.5, 0.6) is 0 Å². The molecule has 5 nitrogen and oxygen atoms in total. The Labute approximate surface area is 114 Å². The van der Waals surface area contributed by atoms with E-state index in [1.54, 1.807) is 0 Å². The Hall–Kier alpha value is -1.62. The fourth-order valence-electron chi connectivity index (χ4n) is 2.22. The summed E-state index contributed by atoms with van der Waals surface area (Å²) < 4.78 is 3.71. The molecular formula is C14H23N5. The van der Waals surface area contributed by atoms with Crippen LogP contribution in [0.3, 0.4) is 0 Å². The molecule has 0 unspecified atom stereocenters. The molecule has 0 fully saturated rings. The molecule has 0 amide bonds. The number of hydrogen-bond acceptors (Lipinski definition) is 3. The molecule has 0 bridgehead atoms. The van der Waals surface area contributed by atoms with Gasteiger partial charge in [-0.25, -0.2) is 0 Å². The summed E-state index contributed by atoms with van der Waals surface area (Å²) in [4.78, 5) is 0. The highest BCUT2D eigenvalue weighted by atomic mass is 15.3. The van der Waals surface area contributed by atoms with E-state index >= 15 is 0 Å². The second-order valence-electron chi connectivity index (χ2n) is 5.50. The Kier molecular flexibility index (Phi) is 4.04. The number of aryl methyl sites for hydroxylation is 3. The summed E-state index contributed by atoms with van der Waals surface area (Å²) in [5.41, 5.74) is 4.39. The highest BCUT2D eigenvalue weighted by Gasteiger charge is 2.14. The average molecular weight is 261 g/mol. The summed E-state index contributed by atoms with van der Waals surface area (Å²) in [5.74, 6) is 0.653. The monoisotopic (exact) mass is 261 g/mol. The first kappa shape index (κ1) is 13.8. The van der Waals surface area contributed by atoms with Gasteiger partial charge in [0.05, 0.1) is 5.69 Å². The molecule has 0 saturated heterocycles. The number of aromatic nitrogens is 4. The van der Waals surface area contributed by atoms with Crippen LogP contribution in [0.2, 0.25) is 0 Å². The van der Waals surface area contributed by atoms with E-state index in [0.717, 1.165) is 30.0 Å². The van der Waals surface area contributed by atoms with Crippen molar-refractivity contribution in [2.24, 2.45) is 20.0 Å². The minimum absolute atomic E-state index is 0.653. The van der Waals surface area contributed by atoms with Crippen LogP contribution in [-0.4, -0.2) is 26.1 Å². The summed E-state index contributed by atoms with van der Waals surface area (Å²) in [6.07, 6.45) is 4.11. The van der Waals surface area contributed by atoms with Gasteiger partial charge in [0, 0.05) is 44.2 Å². The van der Waals surface area contributed by atoms with Crippen LogP contribution in [0.15, 0.2) is 12.4 Å². The van der Waals surface area contributed by atoms with E-state index < -0.39 is 0 Å². The number of nitrogens with one attached hydrogen (secondary N) is 1. The third-order valence-electron chi connectivity index (χ3n) is 3.04. The number of hydrogen-bond donors (Lipinski definition) is 1. The Morgan fingerprint density at radius 3 is 2.42 bits per heavy atom. The van der Waals surface area contributed by atoms with E-state index in [1.807, 2.05) is 36.6 Å². The SMILES string of the molecule is Cc1nn(C)cc1-c1nn(C)cc1CNCC(C)C. The molecule has 5 heteroatoms. The summed E-state index contributed by atoms with van der Waals surface area (Å²) in [7, 11) is 3.90. The van der Waals surface area contributed by atoms with E-state index in [1.165, 1.54) is 5.56 Å². The molecule has 2 aromatic heterocycles. The third kappa shape index (κ3) is 3.23. The van der Waals surface area contributed by atoms with Gasteiger partial charge in [0.2, 0.25) is 0 Å². The summed E-state index contributed by atoms with van der Waals surface area (Å²) in [5, 5.41) is 12.4. The van der Waals surface area contributed by atoms with E-state index in [0.29, 0.717) is 5.92 Å². The van der Waals surface area contributed by atoms with Crippen molar-refractivity contribution < 1.29 is 0 Å². The van der Waals surface area contributed by atoms with Gasteiger partial charge in [0.1, 0.15) is 5.69 Å². The second-order valence-corrected chi connectivity index (χ2v) is 5.50. The molecule has 2 rings (SSSR count). The van der Waals surface area contributed by atoms with Crippen molar-refractivity contribution in [1.82, 2.24) is 24.9 Å². The van der Waals surface area contributed by atoms with Gasteiger partial charge >= 0.3 is 0 Å². The van der Waals surface area contributed by atoms with Crippen molar-refractivity contribution in [3.63, 3.8) is 0 Å². The fraction of sp³-hybridized carbons (Fsp3) is 0.571. The predicted octanol–water partition coefficient (Wildman–Crippen LogP) is 1.87. The zero-order chi connectivity index (χ0) is 14.0. The predicted molar refractivity (Wildman–Crippen MR) is 76.7 cm³/mol. The molecular weight excluding hydrogens is 238 g/mol. The smallest absolute Gasteiger partial charge is 0.100 e. The van der Waals surface area contributed by atoms with Crippen molar-refractivity contribution in [2.75, 3.05) is 6.54 Å². The first-order valence-corrected chi connectivity index (χ1v) is 6.71. The second kappa shape index (κ2) is 5.57. The molecule has 0 atom stereocenters. The quantitative estimate of drug-likeness (QED) is 0.894. The molecule has 2 heterocycles. The lowest BCUT2D eigenvalue weighted by atomic mass is 10.1. The third-order valence-corrected chi connectivity index (χ3v) is 3.04. The largest absolute Gasteiger partial charge is 0.312 e. The molecule has 0 saturated carbocycles. The Morgan fingerprint density at radius 1 is 1.16 bits per heavy atom. The Morgan fingerprint density at radius 2 is 1.84 bits per heavy atom. The highest BCUT2D eigenvalue weighted by molar-refractivity contribution is 5.64. The van der Waals surface area contributed by atoms with Crippen molar-refractivity contribution in [1.29, 1.82) is 0 Å². The normalized spacial score (nSPS) is 11.5. The van der Waals surface area contributed by atoms with E-state index in [2.05, 4.69) is 35.6 Å². The van der Waals surface area contributed by atoms with Crippen LogP contribution in [0, 0.1) is 12.8 Å². The van der Waals surface area contributed by atoms with Crippen molar-refractivity contribution in [3.05, 3.63) is 23.7 Å². The standard InChI is InChI=1S/C14H23N5/c1-10(2)6-15-7-12-8-18(4)17-14(12)13-9-19(5)16-11(13)3/h8-10,15H,6-7H2,1-5H3. The van der Waals surface area contributed by atoms with Gasteiger partial charge < -0.3 is 5.32 Å². The lowest BCUT2D eigenvalue weighted by Gasteiger charge is -2.07. The van der Waals surface area contributed by atoms with Crippen molar-refractivity contribution >= 4 is 0 Å². The molecule has 0 aliphatic carbocycles. The van der Waals surface area contributed by atoms with Crippen LogP contribution in [0.25, 0.3) is 11.3 Å². The molecule has 0 spiro atoms. The summed E-state index contributed by atoms with van der Waals surface area (Å²) in [6, 6.07) is 0. The number of rotatable bonds is 5. The zero-order valence-electron chi connectivity index (χ0n) is 12.4. The van der Waals surface area contributed by atoms with E-state index in [9.17, 15) is 0 Å². The van der Waals surface area contributed by atoms with Crippen LogP contribution in [-0.2, 0) is 20.6 Å².